The maximum Gasteiger partial charge on any atom is 0.227 e. The molecule has 0 spiro atoms. The van der Waals surface area contributed by atoms with Crippen molar-refractivity contribution >= 4 is 29.3 Å². The van der Waals surface area contributed by atoms with Gasteiger partial charge in [-0.05, 0) is 61.3 Å². The quantitative estimate of drug-likeness (QED) is 0.909. The number of amides is 1. The molecule has 1 aromatic carbocycles. The molecule has 0 radical (unpaired) electrons. The van der Waals surface area contributed by atoms with Crippen LogP contribution in [0.5, 0.6) is 0 Å². The number of aryl methyl sites for hydroxylation is 2. The Morgan fingerprint density at radius 1 is 1.32 bits per heavy atom. The number of nitrogens with zero attached hydrogens (tertiary/aromatic N) is 1. The Morgan fingerprint density at radius 3 is 2.84 bits per heavy atom. The zero-order valence-electron chi connectivity index (χ0n) is 14.8. The summed E-state index contributed by atoms with van der Waals surface area (Å²) in [6.07, 6.45) is 7.77. The minimum atomic E-state index is 0. The molecule has 4 nitrogen and oxygen atoms in total. The number of carbonyl (C=O) groups is 1. The van der Waals surface area contributed by atoms with Crippen LogP contribution in [0.2, 0.25) is 0 Å². The molecule has 1 amide bonds. The molecular formula is C20H27ClN2O2. The van der Waals surface area contributed by atoms with Gasteiger partial charge >= 0.3 is 0 Å². The van der Waals surface area contributed by atoms with Gasteiger partial charge < -0.3 is 15.1 Å². The van der Waals surface area contributed by atoms with Crippen molar-refractivity contribution in [3.05, 3.63) is 35.1 Å². The molecule has 136 valence electrons. The first-order valence-electron chi connectivity index (χ1n) is 9.17. The summed E-state index contributed by atoms with van der Waals surface area (Å²) in [5, 5.41) is 1.11. The van der Waals surface area contributed by atoms with E-state index in [-0.39, 0.29) is 24.4 Å². The van der Waals surface area contributed by atoms with Crippen LogP contribution >= 0.6 is 12.4 Å². The Bertz CT molecular complexity index is 770. The zero-order chi connectivity index (χ0) is 16.7. The maximum absolute atomic E-state index is 12.8. The van der Waals surface area contributed by atoms with Crippen molar-refractivity contribution in [2.75, 3.05) is 13.1 Å². The number of fused-ring (bicyclic) bond motifs is 2. The zero-order valence-corrected chi connectivity index (χ0v) is 15.6. The summed E-state index contributed by atoms with van der Waals surface area (Å²) >= 11 is 0. The number of rotatable bonds is 3. The van der Waals surface area contributed by atoms with Crippen LogP contribution in [-0.4, -0.2) is 29.9 Å². The Morgan fingerprint density at radius 2 is 2.08 bits per heavy atom. The summed E-state index contributed by atoms with van der Waals surface area (Å²) in [6, 6.07) is 4.59. The highest BCUT2D eigenvalue weighted by Crippen LogP contribution is 2.31. The van der Waals surface area contributed by atoms with E-state index in [0.29, 0.717) is 18.9 Å². The molecular weight excluding hydrogens is 336 g/mol. The van der Waals surface area contributed by atoms with Gasteiger partial charge in [0.2, 0.25) is 5.91 Å². The first kappa shape index (κ1) is 18.3. The molecule has 4 rings (SSSR count). The number of likely N-dealkylation sites (tertiary alicyclic amines) is 1. The summed E-state index contributed by atoms with van der Waals surface area (Å²) in [5.74, 6) is 0.834. The van der Waals surface area contributed by atoms with Gasteiger partial charge in [-0.2, -0.15) is 0 Å². The monoisotopic (exact) mass is 362 g/mol. The third kappa shape index (κ3) is 3.42. The molecule has 1 aromatic heterocycles. The molecule has 2 N–H and O–H groups in total. The predicted molar refractivity (Wildman–Crippen MR) is 102 cm³/mol. The predicted octanol–water partition coefficient (Wildman–Crippen LogP) is 3.47. The minimum Gasteiger partial charge on any atom is -0.464 e. The van der Waals surface area contributed by atoms with E-state index in [1.54, 1.807) is 6.26 Å². The van der Waals surface area contributed by atoms with Crippen LogP contribution < -0.4 is 5.73 Å². The highest BCUT2D eigenvalue weighted by atomic mass is 35.5. The van der Waals surface area contributed by atoms with Gasteiger partial charge in [0.05, 0.1) is 12.7 Å². The minimum absolute atomic E-state index is 0. The lowest BCUT2D eigenvalue weighted by molar-refractivity contribution is -0.134. The number of halogens is 1. The third-order valence-corrected chi connectivity index (χ3v) is 5.78. The fourth-order valence-corrected chi connectivity index (χ4v) is 4.35. The van der Waals surface area contributed by atoms with E-state index in [2.05, 4.69) is 19.1 Å². The highest BCUT2D eigenvalue weighted by Gasteiger charge is 2.29. The molecule has 1 saturated heterocycles. The lowest BCUT2D eigenvalue weighted by atomic mass is 9.92. The fraction of sp³-hybridized carbons (Fsp3) is 0.550. The van der Waals surface area contributed by atoms with Gasteiger partial charge in [-0.1, -0.05) is 6.92 Å². The Kier molecular flexibility index (Phi) is 5.40. The van der Waals surface area contributed by atoms with Gasteiger partial charge in [0, 0.05) is 30.1 Å². The molecule has 2 aromatic rings. The smallest absolute Gasteiger partial charge is 0.227 e. The number of carbonyl (C=O) groups excluding carboxylic acids is 1. The first-order valence-corrected chi connectivity index (χ1v) is 9.17. The van der Waals surface area contributed by atoms with E-state index < -0.39 is 0 Å². The van der Waals surface area contributed by atoms with Crippen molar-refractivity contribution in [2.24, 2.45) is 11.7 Å². The number of hydrogen-bond donors (Lipinski definition) is 1. The molecule has 2 atom stereocenters. The topological polar surface area (TPSA) is 59.5 Å². The first-order chi connectivity index (χ1) is 11.7. The molecule has 1 fully saturated rings. The van der Waals surface area contributed by atoms with E-state index in [1.165, 1.54) is 17.5 Å². The van der Waals surface area contributed by atoms with Crippen LogP contribution in [0.4, 0.5) is 0 Å². The summed E-state index contributed by atoms with van der Waals surface area (Å²) in [7, 11) is 0. The van der Waals surface area contributed by atoms with Crippen molar-refractivity contribution in [3.63, 3.8) is 0 Å². The molecule has 25 heavy (non-hydrogen) atoms. The SMILES string of the molecule is CC1CCN(C(=O)Cc2coc3cc4c(cc23)CCC4)C(CN)C1.Cl. The number of nitrogens with two attached hydrogens (primary N) is 1. The van der Waals surface area contributed by atoms with Gasteiger partial charge in [0.15, 0.2) is 0 Å². The van der Waals surface area contributed by atoms with Crippen LogP contribution in [0.1, 0.15) is 42.9 Å². The summed E-state index contributed by atoms with van der Waals surface area (Å²) in [4.78, 5) is 14.8. The molecule has 0 saturated carbocycles. The van der Waals surface area contributed by atoms with E-state index in [4.69, 9.17) is 10.2 Å². The van der Waals surface area contributed by atoms with Crippen LogP contribution in [-0.2, 0) is 24.1 Å². The van der Waals surface area contributed by atoms with Crippen LogP contribution in [0.15, 0.2) is 22.8 Å². The highest BCUT2D eigenvalue weighted by molar-refractivity contribution is 5.89. The molecule has 2 heterocycles. The Hall–Kier alpha value is -1.52. The maximum atomic E-state index is 12.8. The van der Waals surface area contributed by atoms with E-state index in [0.717, 1.165) is 48.8 Å². The second-order valence-corrected chi connectivity index (χ2v) is 7.51. The van der Waals surface area contributed by atoms with Gasteiger partial charge in [0.25, 0.3) is 0 Å². The fourth-order valence-electron chi connectivity index (χ4n) is 4.35. The molecule has 1 aliphatic carbocycles. The standard InChI is InChI=1S/C20H26N2O2.ClH/c1-13-5-6-22(17(7-13)11-21)20(23)10-16-12-24-19-9-15-4-2-3-14(15)8-18(16)19;/h8-9,12-13,17H,2-7,10-11,21H2,1H3;1H. The number of benzene rings is 1. The second kappa shape index (κ2) is 7.38. The summed E-state index contributed by atoms with van der Waals surface area (Å²) in [6.45, 7) is 3.62. The van der Waals surface area contributed by atoms with Crippen molar-refractivity contribution in [3.8, 4) is 0 Å². The lowest BCUT2D eigenvalue weighted by Crippen LogP contribution is -2.49. The van der Waals surface area contributed by atoms with Gasteiger partial charge in [-0.15, -0.1) is 12.4 Å². The van der Waals surface area contributed by atoms with Crippen molar-refractivity contribution in [1.82, 2.24) is 4.90 Å². The van der Waals surface area contributed by atoms with Gasteiger partial charge in [-0.25, -0.2) is 0 Å². The van der Waals surface area contributed by atoms with Gasteiger partial charge in [-0.3, -0.25) is 4.79 Å². The number of furan rings is 1. The third-order valence-electron chi connectivity index (χ3n) is 5.78. The molecule has 2 unspecified atom stereocenters. The van der Waals surface area contributed by atoms with Crippen LogP contribution in [0.25, 0.3) is 11.0 Å². The second-order valence-electron chi connectivity index (χ2n) is 7.51. The summed E-state index contributed by atoms with van der Waals surface area (Å²) in [5.41, 5.74) is 10.7. The van der Waals surface area contributed by atoms with Crippen molar-refractivity contribution in [2.45, 2.75) is 51.5 Å². The molecule has 2 aliphatic rings. The lowest BCUT2D eigenvalue weighted by Gasteiger charge is -2.38. The van der Waals surface area contributed by atoms with Crippen LogP contribution in [0.3, 0.4) is 0 Å². The van der Waals surface area contributed by atoms with Gasteiger partial charge in [0.1, 0.15) is 5.58 Å². The van der Waals surface area contributed by atoms with E-state index >= 15 is 0 Å². The molecule has 0 bridgehead atoms. The largest absolute Gasteiger partial charge is 0.464 e. The van der Waals surface area contributed by atoms with E-state index in [1.807, 2.05) is 4.90 Å². The average molecular weight is 363 g/mol. The Labute approximate surface area is 155 Å². The van der Waals surface area contributed by atoms with E-state index in [9.17, 15) is 4.79 Å². The van der Waals surface area contributed by atoms with Crippen LogP contribution in [0, 0.1) is 5.92 Å². The van der Waals surface area contributed by atoms with Crippen molar-refractivity contribution in [1.29, 1.82) is 0 Å². The normalized spacial score (nSPS) is 22.7. The number of hydrogen-bond acceptors (Lipinski definition) is 3. The number of piperidine rings is 1. The average Bonchev–Trinajstić information content (AvgIpc) is 3.19. The Balaban J connectivity index is 0.00000182. The van der Waals surface area contributed by atoms with Crippen molar-refractivity contribution < 1.29 is 9.21 Å². The summed E-state index contributed by atoms with van der Waals surface area (Å²) < 4.78 is 5.74. The molecule has 5 heteroatoms. The molecule has 1 aliphatic heterocycles.